The lowest BCUT2D eigenvalue weighted by Gasteiger charge is -2.21. The van der Waals surface area contributed by atoms with Crippen molar-refractivity contribution in [1.82, 2.24) is 0 Å². The Kier molecular flexibility index (Phi) is 4.54. The Labute approximate surface area is 153 Å². The smallest absolute Gasteiger partial charge is 0.283 e. The highest BCUT2D eigenvalue weighted by Crippen LogP contribution is 2.36. The quantitative estimate of drug-likeness (QED) is 0.737. The Morgan fingerprint density at radius 1 is 0.917 bits per heavy atom. The molecule has 0 fully saturated rings. The van der Waals surface area contributed by atoms with Crippen molar-refractivity contribution in [2.24, 2.45) is 0 Å². The molecule has 2 amide bonds. The van der Waals surface area contributed by atoms with Crippen LogP contribution in [0.5, 0.6) is 0 Å². The van der Waals surface area contributed by atoms with E-state index in [4.69, 9.17) is 34.8 Å². The second-order valence-corrected chi connectivity index (χ2v) is 6.32. The molecule has 0 N–H and O–H groups in total. The topological polar surface area (TPSA) is 40.6 Å². The zero-order valence-electron chi connectivity index (χ0n) is 12.5. The maximum Gasteiger partial charge on any atom is 0.283 e. The summed E-state index contributed by atoms with van der Waals surface area (Å²) in [5.74, 6) is -1.16. The molecule has 0 unspecified atom stereocenters. The van der Waals surface area contributed by atoms with Gasteiger partial charge in [-0.2, -0.15) is 0 Å². The first kappa shape index (κ1) is 16.8. The second kappa shape index (κ2) is 6.48. The van der Waals surface area contributed by atoms with E-state index in [2.05, 4.69) is 0 Å². The van der Waals surface area contributed by atoms with Gasteiger partial charge in [0.25, 0.3) is 11.8 Å². The molecule has 3 rings (SSSR count). The Morgan fingerprint density at radius 2 is 1.58 bits per heavy atom. The molecule has 122 valence electrons. The van der Waals surface area contributed by atoms with Crippen LogP contribution in [0.15, 0.2) is 59.3 Å². The van der Waals surface area contributed by atoms with Crippen LogP contribution in [0.4, 0.5) is 11.4 Å². The van der Waals surface area contributed by atoms with Crippen molar-refractivity contribution in [3.05, 3.63) is 69.3 Å². The molecule has 1 heterocycles. The summed E-state index contributed by atoms with van der Waals surface area (Å²) in [4.78, 5) is 27.8. The number of nitrogens with zero attached hydrogens (tertiary/aromatic N) is 2. The zero-order valence-corrected chi connectivity index (χ0v) is 14.7. The molecule has 2 aromatic carbocycles. The summed E-state index contributed by atoms with van der Waals surface area (Å²) in [6.07, 6.45) is 0. The first-order valence-electron chi connectivity index (χ1n) is 6.94. The predicted octanol–water partition coefficient (Wildman–Crippen LogP) is 4.45. The molecule has 0 atom stereocenters. The highest BCUT2D eigenvalue weighted by molar-refractivity contribution is 6.54. The van der Waals surface area contributed by atoms with Gasteiger partial charge in [-0.3, -0.25) is 9.59 Å². The third kappa shape index (κ3) is 2.77. The zero-order chi connectivity index (χ0) is 17.4. The molecular formula is C17H11Cl3N2O2. The van der Waals surface area contributed by atoms with Crippen molar-refractivity contribution >= 4 is 58.0 Å². The fourth-order valence-electron chi connectivity index (χ4n) is 2.44. The molecule has 0 aliphatic carbocycles. The molecule has 2 aromatic rings. The minimum absolute atomic E-state index is 0.0962. The fourth-order valence-corrected chi connectivity index (χ4v) is 3.23. The summed E-state index contributed by atoms with van der Waals surface area (Å²) in [6, 6.07) is 13.7. The number of carbonyl (C=O) groups excluding carboxylic acids is 2. The van der Waals surface area contributed by atoms with Crippen LogP contribution < -0.4 is 9.80 Å². The fraction of sp³-hybridized carbons (Fsp3) is 0.0588. The molecule has 0 spiro atoms. The highest BCUT2D eigenvalue weighted by Gasteiger charge is 2.41. The SMILES string of the molecule is CN(C1=C(Cl)C(=O)N(c2ccc(Cl)cc2Cl)C1=O)c1ccccc1. The van der Waals surface area contributed by atoms with Crippen LogP contribution in [0.3, 0.4) is 0 Å². The highest BCUT2D eigenvalue weighted by atomic mass is 35.5. The number of halogens is 3. The molecule has 0 saturated carbocycles. The number of imide groups is 1. The number of hydrogen-bond acceptors (Lipinski definition) is 3. The van der Waals surface area contributed by atoms with Gasteiger partial charge in [0, 0.05) is 17.8 Å². The molecule has 24 heavy (non-hydrogen) atoms. The number of amides is 2. The van der Waals surface area contributed by atoms with E-state index in [1.807, 2.05) is 30.3 Å². The van der Waals surface area contributed by atoms with Gasteiger partial charge in [0.15, 0.2) is 0 Å². The van der Waals surface area contributed by atoms with E-state index >= 15 is 0 Å². The van der Waals surface area contributed by atoms with Crippen LogP contribution in [-0.4, -0.2) is 18.9 Å². The minimum atomic E-state index is -0.622. The predicted molar refractivity (Wildman–Crippen MR) is 96.7 cm³/mol. The van der Waals surface area contributed by atoms with Gasteiger partial charge >= 0.3 is 0 Å². The number of likely N-dealkylation sites (N-methyl/N-ethyl adjacent to an activating group) is 1. The lowest BCUT2D eigenvalue weighted by Crippen LogP contribution is -2.34. The van der Waals surface area contributed by atoms with E-state index in [1.54, 1.807) is 18.0 Å². The van der Waals surface area contributed by atoms with Gasteiger partial charge in [-0.05, 0) is 30.3 Å². The van der Waals surface area contributed by atoms with Crippen molar-refractivity contribution in [2.45, 2.75) is 0 Å². The Bertz CT molecular complexity index is 865. The van der Waals surface area contributed by atoms with Gasteiger partial charge in [0.2, 0.25) is 0 Å². The van der Waals surface area contributed by atoms with Crippen molar-refractivity contribution < 1.29 is 9.59 Å². The van der Waals surface area contributed by atoms with E-state index < -0.39 is 11.8 Å². The molecule has 0 bridgehead atoms. The lowest BCUT2D eigenvalue weighted by molar-refractivity contribution is -0.120. The van der Waals surface area contributed by atoms with Gasteiger partial charge in [-0.15, -0.1) is 0 Å². The van der Waals surface area contributed by atoms with Gasteiger partial charge in [-0.1, -0.05) is 53.0 Å². The number of rotatable bonds is 3. The average Bonchev–Trinajstić information content (AvgIpc) is 2.78. The molecule has 0 aromatic heterocycles. The molecule has 7 heteroatoms. The second-order valence-electron chi connectivity index (χ2n) is 5.10. The molecule has 1 aliphatic rings. The third-order valence-corrected chi connectivity index (χ3v) is 4.51. The van der Waals surface area contributed by atoms with Crippen molar-refractivity contribution in [3.63, 3.8) is 0 Å². The summed E-state index contributed by atoms with van der Waals surface area (Å²) in [5.41, 5.74) is 1.07. The number of para-hydroxylation sites is 1. The normalized spacial score (nSPS) is 14.6. The molecular weight excluding hydrogens is 371 g/mol. The summed E-state index contributed by atoms with van der Waals surface area (Å²) < 4.78 is 0. The van der Waals surface area contributed by atoms with Crippen LogP contribution in [0.2, 0.25) is 10.0 Å². The van der Waals surface area contributed by atoms with Crippen LogP contribution in [0.25, 0.3) is 0 Å². The number of anilines is 2. The van der Waals surface area contributed by atoms with E-state index in [0.717, 1.165) is 10.6 Å². The standard InChI is InChI=1S/C17H11Cl3N2O2/c1-21(11-5-3-2-4-6-11)15-14(20)16(23)22(17(15)24)13-8-7-10(18)9-12(13)19/h2-9H,1H3. The van der Waals surface area contributed by atoms with Gasteiger partial charge in [-0.25, -0.2) is 4.90 Å². The number of benzene rings is 2. The summed E-state index contributed by atoms with van der Waals surface area (Å²) >= 11 is 18.1. The first-order valence-corrected chi connectivity index (χ1v) is 8.07. The average molecular weight is 382 g/mol. The summed E-state index contributed by atoms with van der Waals surface area (Å²) in [6.45, 7) is 0. The summed E-state index contributed by atoms with van der Waals surface area (Å²) in [7, 11) is 1.67. The van der Waals surface area contributed by atoms with Gasteiger partial charge in [0.05, 0.1) is 10.7 Å². The van der Waals surface area contributed by atoms with Crippen LogP contribution in [-0.2, 0) is 9.59 Å². The molecule has 0 radical (unpaired) electrons. The molecule has 4 nitrogen and oxygen atoms in total. The molecule has 1 aliphatic heterocycles. The van der Waals surface area contributed by atoms with Crippen molar-refractivity contribution in [3.8, 4) is 0 Å². The van der Waals surface area contributed by atoms with Crippen LogP contribution in [0, 0.1) is 0 Å². The van der Waals surface area contributed by atoms with E-state index in [1.165, 1.54) is 12.1 Å². The van der Waals surface area contributed by atoms with Gasteiger partial charge in [0.1, 0.15) is 10.7 Å². The Morgan fingerprint density at radius 3 is 2.21 bits per heavy atom. The minimum Gasteiger partial charge on any atom is -0.339 e. The number of carbonyl (C=O) groups is 2. The Balaban J connectivity index is 2.02. The lowest BCUT2D eigenvalue weighted by atomic mass is 10.2. The maximum atomic E-state index is 12.8. The monoisotopic (exact) mass is 380 g/mol. The number of hydrogen-bond donors (Lipinski definition) is 0. The Hall–Kier alpha value is -2.01. The largest absolute Gasteiger partial charge is 0.339 e. The van der Waals surface area contributed by atoms with Crippen molar-refractivity contribution in [1.29, 1.82) is 0 Å². The van der Waals surface area contributed by atoms with E-state index in [9.17, 15) is 9.59 Å². The van der Waals surface area contributed by atoms with E-state index in [0.29, 0.717) is 5.02 Å². The van der Waals surface area contributed by atoms with Crippen LogP contribution >= 0.6 is 34.8 Å². The molecule has 0 saturated heterocycles. The first-order chi connectivity index (χ1) is 11.4. The van der Waals surface area contributed by atoms with Gasteiger partial charge < -0.3 is 4.90 Å². The summed E-state index contributed by atoms with van der Waals surface area (Å²) in [5, 5.41) is 0.443. The maximum absolute atomic E-state index is 12.8. The third-order valence-electron chi connectivity index (χ3n) is 3.63. The van der Waals surface area contributed by atoms with Crippen LogP contribution in [0.1, 0.15) is 0 Å². The van der Waals surface area contributed by atoms with Crippen molar-refractivity contribution in [2.75, 3.05) is 16.8 Å². The van der Waals surface area contributed by atoms with E-state index in [-0.39, 0.29) is 21.4 Å².